The molecule has 19 heavy (non-hydrogen) atoms. The molecule has 2 fully saturated rings. The van der Waals surface area contributed by atoms with Crippen molar-refractivity contribution in [3.05, 3.63) is 23.9 Å². The number of rotatable bonds is 2. The van der Waals surface area contributed by atoms with Gasteiger partial charge in [0.1, 0.15) is 5.82 Å². The van der Waals surface area contributed by atoms with Crippen molar-refractivity contribution in [2.45, 2.75) is 44.8 Å². The van der Waals surface area contributed by atoms with Crippen LogP contribution in [0.3, 0.4) is 0 Å². The molecule has 0 spiro atoms. The highest BCUT2D eigenvalue weighted by Gasteiger charge is 2.35. The van der Waals surface area contributed by atoms with Crippen molar-refractivity contribution < 1.29 is 0 Å². The first-order valence-corrected chi connectivity index (χ1v) is 7.38. The summed E-state index contributed by atoms with van der Waals surface area (Å²) in [5.41, 5.74) is 7.26. The minimum Gasteiger partial charge on any atom is -0.351 e. The number of hydrogen-bond donors (Lipinski definition) is 1. The molecule has 3 rings (SSSR count). The summed E-state index contributed by atoms with van der Waals surface area (Å²) in [5, 5.41) is 0. The Hall–Kier alpha value is -1.13. The molecule has 1 aromatic heterocycles. The lowest BCUT2D eigenvalue weighted by molar-refractivity contribution is 0.202. The van der Waals surface area contributed by atoms with Crippen LogP contribution in [0.15, 0.2) is 18.3 Å². The second-order valence-electron chi connectivity index (χ2n) is 6.00. The van der Waals surface area contributed by atoms with Crippen LogP contribution in [-0.2, 0) is 0 Å². The first-order valence-electron chi connectivity index (χ1n) is 7.38. The molecule has 2 aliphatic rings. The fraction of sp³-hybridized carbons (Fsp3) is 0.667. The average molecular weight is 260 g/mol. The third-order valence-corrected chi connectivity index (χ3v) is 4.52. The molecule has 0 bridgehead atoms. The molecule has 3 atom stereocenters. The number of fused-ring (bicyclic) bond motifs is 1. The molecule has 1 aromatic rings. The quantitative estimate of drug-likeness (QED) is 0.880. The van der Waals surface area contributed by atoms with Gasteiger partial charge in [-0.25, -0.2) is 4.98 Å². The highest BCUT2D eigenvalue weighted by molar-refractivity contribution is 5.50. The van der Waals surface area contributed by atoms with Gasteiger partial charge in [0.25, 0.3) is 0 Å². The van der Waals surface area contributed by atoms with Crippen LogP contribution >= 0.6 is 0 Å². The molecule has 2 N–H and O–H groups in total. The number of anilines is 1. The Morgan fingerprint density at radius 1 is 1.42 bits per heavy atom. The van der Waals surface area contributed by atoms with Crippen molar-refractivity contribution in [2.75, 3.05) is 24.5 Å². The summed E-state index contributed by atoms with van der Waals surface area (Å²) < 4.78 is 0. The van der Waals surface area contributed by atoms with Gasteiger partial charge >= 0.3 is 0 Å². The zero-order valence-electron chi connectivity index (χ0n) is 11.9. The van der Waals surface area contributed by atoms with E-state index in [0.717, 1.165) is 18.9 Å². The van der Waals surface area contributed by atoms with E-state index in [2.05, 4.69) is 27.8 Å². The molecule has 2 unspecified atom stereocenters. The van der Waals surface area contributed by atoms with Crippen molar-refractivity contribution in [3.8, 4) is 0 Å². The Labute approximate surface area is 115 Å². The lowest BCUT2D eigenvalue weighted by Crippen LogP contribution is -2.55. The normalized spacial score (nSPS) is 29.3. The molecule has 0 aromatic carbocycles. The molecule has 4 nitrogen and oxygen atoms in total. The van der Waals surface area contributed by atoms with Crippen molar-refractivity contribution in [3.63, 3.8) is 0 Å². The van der Waals surface area contributed by atoms with Crippen LogP contribution in [0.5, 0.6) is 0 Å². The van der Waals surface area contributed by atoms with Gasteiger partial charge in [-0.3, -0.25) is 4.90 Å². The van der Waals surface area contributed by atoms with E-state index in [0.29, 0.717) is 12.1 Å². The number of nitrogens with two attached hydrogens (primary N) is 1. The molecule has 3 heterocycles. The molecule has 0 aliphatic carbocycles. The van der Waals surface area contributed by atoms with Crippen LogP contribution in [0, 0.1) is 0 Å². The Kier molecular flexibility index (Phi) is 3.46. The summed E-state index contributed by atoms with van der Waals surface area (Å²) in [7, 11) is 0. The van der Waals surface area contributed by atoms with Gasteiger partial charge in [-0.1, -0.05) is 6.07 Å². The van der Waals surface area contributed by atoms with Crippen LogP contribution in [0.25, 0.3) is 0 Å². The second kappa shape index (κ2) is 5.10. The Morgan fingerprint density at radius 2 is 2.26 bits per heavy atom. The van der Waals surface area contributed by atoms with Gasteiger partial charge in [-0.05, 0) is 39.3 Å². The van der Waals surface area contributed by atoms with E-state index in [1.54, 1.807) is 0 Å². The fourth-order valence-corrected chi connectivity index (χ4v) is 3.49. The second-order valence-corrected chi connectivity index (χ2v) is 6.00. The van der Waals surface area contributed by atoms with Gasteiger partial charge in [-0.15, -0.1) is 0 Å². The minimum atomic E-state index is 0.0394. The number of nitrogens with zero attached hydrogens (tertiary/aromatic N) is 3. The van der Waals surface area contributed by atoms with Gasteiger partial charge in [0.05, 0.1) is 0 Å². The van der Waals surface area contributed by atoms with Gasteiger partial charge in [-0.2, -0.15) is 0 Å². The highest BCUT2D eigenvalue weighted by atomic mass is 15.3. The zero-order valence-corrected chi connectivity index (χ0v) is 11.9. The molecule has 2 saturated heterocycles. The monoisotopic (exact) mass is 260 g/mol. The van der Waals surface area contributed by atoms with Crippen LogP contribution < -0.4 is 10.6 Å². The summed E-state index contributed by atoms with van der Waals surface area (Å²) >= 11 is 0. The van der Waals surface area contributed by atoms with Crippen molar-refractivity contribution in [1.82, 2.24) is 9.88 Å². The van der Waals surface area contributed by atoms with Crippen molar-refractivity contribution in [2.24, 2.45) is 5.73 Å². The van der Waals surface area contributed by atoms with Crippen molar-refractivity contribution in [1.29, 1.82) is 0 Å². The van der Waals surface area contributed by atoms with E-state index in [9.17, 15) is 0 Å². The van der Waals surface area contributed by atoms with E-state index in [1.165, 1.54) is 24.9 Å². The molecular formula is C15H24N4. The zero-order chi connectivity index (χ0) is 13.4. The molecule has 0 amide bonds. The van der Waals surface area contributed by atoms with Crippen LogP contribution in [-0.4, -0.2) is 41.6 Å². The van der Waals surface area contributed by atoms with E-state index < -0.39 is 0 Å². The number of piperazine rings is 1. The molecular weight excluding hydrogens is 236 g/mol. The Bertz CT molecular complexity index is 446. The number of aromatic nitrogens is 1. The average Bonchev–Trinajstić information content (AvgIpc) is 2.84. The molecule has 2 aliphatic heterocycles. The van der Waals surface area contributed by atoms with Crippen LogP contribution in [0.1, 0.15) is 38.3 Å². The predicted molar refractivity (Wildman–Crippen MR) is 78.2 cm³/mol. The maximum Gasteiger partial charge on any atom is 0.133 e. The lowest BCUT2D eigenvalue weighted by Gasteiger charge is -2.43. The van der Waals surface area contributed by atoms with Gasteiger partial charge < -0.3 is 10.6 Å². The third kappa shape index (κ3) is 2.35. The van der Waals surface area contributed by atoms with Gasteiger partial charge in [0.15, 0.2) is 0 Å². The topological polar surface area (TPSA) is 45.4 Å². The van der Waals surface area contributed by atoms with Gasteiger partial charge in [0.2, 0.25) is 0 Å². The Morgan fingerprint density at radius 3 is 3.05 bits per heavy atom. The molecule has 0 saturated carbocycles. The maximum absolute atomic E-state index is 6.10. The largest absolute Gasteiger partial charge is 0.351 e. The lowest BCUT2D eigenvalue weighted by atomic mass is 10.0. The summed E-state index contributed by atoms with van der Waals surface area (Å²) in [6.07, 6.45) is 4.55. The first-order chi connectivity index (χ1) is 9.16. The number of pyridine rings is 1. The highest BCUT2D eigenvalue weighted by Crippen LogP contribution is 2.30. The number of hydrogen-bond acceptors (Lipinski definition) is 4. The fourth-order valence-electron chi connectivity index (χ4n) is 3.49. The van der Waals surface area contributed by atoms with Gasteiger partial charge in [0, 0.05) is 43.0 Å². The SMILES string of the molecule is CC1CN2CCCC2CN1c1ncccc1[C@@H](C)N. The smallest absolute Gasteiger partial charge is 0.133 e. The maximum atomic E-state index is 6.10. The van der Waals surface area contributed by atoms with E-state index in [4.69, 9.17) is 5.73 Å². The van der Waals surface area contributed by atoms with Crippen LogP contribution in [0.2, 0.25) is 0 Å². The third-order valence-electron chi connectivity index (χ3n) is 4.52. The van der Waals surface area contributed by atoms with Crippen molar-refractivity contribution >= 4 is 5.82 Å². The molecule has 4 heteroatoms. The standard InChI is InChI=1S/C15H24N4/c1-11-9-18-8-4-5-13(18)10-19(11)15-14(12(2)16)6-3-7-17-15/h3,6-7,11-13H,4-5,8-10,16H2,1-2H3/t11?,12-,13?/m1/s1. The predicted octanol–water partition coefficient (Wildman–Crippen LogP) is 1.77. The van der Waals surface area contributed by atoms with E-state index >= 15 is 0 Å². The summed E-state index contributed by atoms with van der Waals surface area (Å²) in [4.78, 5) is 9.71. The first kappa shape index (κ1) is 12.9. The molecule has 104 valence electrons. The van der Waals surface area contributed by atoms with E-state index in [1.807, 2.05) is 19.2 Å². The summed E-state index contributed by atoms with van der Waals surface area (Å²) in [6.45, 7) is 7.86. The summed E-state index contributed by atoms with van der Waals surface area (Å²) in [5.74, 6) is 1.09. The van der Waals surface area contributed by atoms with E-state index in [-0.39, 0.29) is 6.04 Å². The molecule has 0 radical (unpaired) electrons. The Balaban J connectivity index is 1.89. The minimum absolute atomic E-state index is 0.0394. The summed E-state index contributed by atoms with van der Waals surface area (Å²) in [6, 6.07) is 5.36. The van der Waals surface area contributed by atoms with Crippen LogP contribution in [0.4, 0.5) is 5.82 Å².